The summed E-state index contributed by atoms with van der Waals surface area (Å²) < 4.78 is 10.6. The first-order valence-electron chi connectivity index (χ1n) is 11.0. The van der Waals surface area contributed by atoms with Crippen LogP contribution in [0, 0.1) is 13.8 Å². The summed E-state index contributed by atoms with van der Waals surface area (Å²) in [7, 11) is 3.11. The number of thiophene rings is 1. The van der Waals surface area contributed by atoms with Gasteiger partial charge in [-0.15, -0.1) is 11.3 Å². The molecule has 0 fully saturated rings. The molecule has 0 saturated carbocycles. The number of anilines is 1. The molecule has 0 saturated heterocycles. The number of aromatic nitrogens is 2. The van der Waals surface area contributed by atoms with Crippen LogP contribution in [0.3, 0.4) is 0 Å². The van der Waals surface area contributed by atoms with Crippen LogP contribution in [0.15, 0.2) is 48.5 Å². The van der Waals surface area contributed by atoms with E-state index in [9.17, 15) is 9.59 Å². The number of amides is 2. The van der Waals surface area contributed by atoms with E-state index >= 15 is 0 Å². The minimum Gasteiger partial charge on any atom is -0.480 e. The number of nitrogens with one attached hydrogen (secondary N) is 2. The Hall–Kier alpha value is -3.82. The number of benzene rings is 2. The Bertz CT molecular complexity index is 1380. The van der Waals surface area contributed by atoms with Gasteiger partial charge in [-0.3, -0.25) is 9.59 Å². The molecule has 0 atom stereocenters. The predicted octanol–water partition coefficient (Wildman–Crippen LogP) is 4.65. The van der Waals surface area contributed by atoms with Crippen molar-refractivity contribution in [1.29, 1.82) is 0 Å². The highest BCUT2D eigenvalue weighted by atomic mass is 32.1. The van der Waals surface area contributed by atoms with E-state index in [4.69, 9.17) is 9.47 Å². The van der Waals surface area contributed by atoms with Crippen molar-refractivity contribution < 1.29 is 19.1 Å². The number of methoxy groups -OCH3 is 2. The van der Waals surface area contributed by atoms with E-state index in [0.717, 1.165) is 22.1 Å². The lowest BCUT2D eigenvalue weighted by atomic mass is 10.1. The highest BCUT2D eigenvalue weighted by molar-refractivity contribution is 7.20. The summed E-state index contributed by atoms with van der Waals surface area (Å²) in [4.78, 5) is 35.6. The molecule has 0 aliphatic carbocycles. The van der Waals surface area contributed by atoms with Crippen molar-refractivity contribution in [2.75, 3.05) is 19.5 Å². The van der Waals surface area contributed by atoms with Crippen LogP contribution in [0.2, 0.25) is 0 Å². The number of nitrogens with zero attached hydrogens (tertiary/aromatic N) is 2. The molecule has 2 amide bonds. The zero-order valence-corrected chi connectivity index (χ0v) is 20.8. The Labute approximate surface area is 207 Å². The second-order valence-electron chi connectivity index (χ2n) is 8.02. The Morgan fingerprint density at radius 3 is 2.49 bits per heavy atom. The van der Waals surface area contributed by atoms with E-state index in [2.05, 4.69) is 20.6 Å². The van der Waals surface area contributed by atoms with Gasteiger partial charge in [0, 0.05) is 24.9 Å². The van der Waals surface area contributed by atoms with Crippen molar-refractivity contribution in [3.8, 4) is 5.88 Å². The van der Waals surface area contributed by atoms with Crippen molar-refractivity contribution >= 4 is 39.1 Å². The molecule has 2 N–H and O–H groups in total. The molecular weight excluding hydrogens is 464 g/mol. The molecule has 0 aliphatic heterocycles. The molecule has 2 heterocycles. The third-order valence-corrected chi connectivity index (χ3v) is 6.61. The summed E-state index contributed by atoms with van der Waals surface area (Å²) in [5.74, 6) is 0.520. The maximum Gasteiger partial charge on any atom is 0.261 e. The Morgan fingerprint density at radius 1 is 1.00 bits per heavy atom. The molecule has 180 valence electrons. The van der Waals surface area contributed by atoms with E-state index in [1.807, 2.05) is 50.2 Å². The third-order valence-electron chi connectivity index (χ3n) is 5.43. The van der Waals surface area contributed by atoms with Crippen molar-refractivity contribution in [2.24, 2.45) is 0 Å². The van der Waals surface area contributed by atoms with Crippen LogP contribution < -0.4 is 15.4 Å². The van der Waals surface area contributed by atoms with Crippen molar-refractivity contribution in [1.82, 2.24) is 15.3 Å². The van der Waals surface area contributed by atoms with Gasteiger partial charge >= 0.3 is 0 Å². The first-order chi connectivity index (χ1) is 16.9. The monoisotopic (exact) mass is 490 g/mol. The van der Waals surface area contributed by atoms with Crippen LogP contribution in [0.4, 0.5) is 5.69 Å². The van der Waals surface area contributed by atoms with Crippen LogP contribution in [-0.2, 0) is 17.9 Å². The lowest BCUT2D eigenvalue weighted by Gasteiger charge is -2.09. The molecule has 4 rings (SSSR count). The van der Waals surface area contributed by atoms with Gasteiger partial charge in [-0.05, 0) is 49.2 Å². The van der Waals surface area contributed by atoms with Crippen LogP contribution in [0.5, 0.6) is 5.88 Å². The van der Waals surface area contributed by atoms with Crippen molar-refractivity contribution in [2.45, 2.75) is 27.0 Å². The lowest BCUT2D eigenvalue weighted by Crippen LogP contribution is -2.22. The first kappa shape index (κ1) is 24.3. The van der Waals surface area contributed by atoms with Crippen LogP contribution in [0.25, 0.3) is 10.2 Å². The number of carbonyl (C=O) groups is 2. The molecule has 9 heteroatoms. The molecule has 0 bridgehead atoms. The largest absolute Gasteiger partial charge is 0.480 e. The number of hydrogen-bond acceptors (Lipinski definition) is 7. The van der Waals surface area contributed by atoms with Gasteiger partial charge in [0.25, 0.3) is 11.8 Å². The summed E-state index contributed by atoms with van der Waals surface area (Å²) in [6.45, 7) is 4.39. The Balaban J connectivity index is 1.47. The van der Waals surface area contributed by atoms with Crippen LogP contribution >= 0.6 is 11.3 Å². The fourth-order valence-corrected chi connectivity index (χ4v) is 4.74. The second kappa shape index (κ2) is 10.6. The molecule has 0 unspecified atom stereocenters. The van der Waals surface area contributed by atoms with Crippen LogP contribution in [0.1, 0.15) is 42.5 Å². The fraction of sp³-hybridized carbons (Fsp3) is 0.231. The van der Waals surface area contributed by atoms with E-state index < -0.39 is 0 Å². The zero-order chi connectivity index (χ0) is 24.9. The van der Waals surface area contributed by atoms with Crippen LogP contribution in [-0.4, -0.2) is 36.0 Å². The van der Waals surface area contributed by atoms with Gasteiger partial charge in [-0.25, -0.2) is 4.98 Å². The summed E-state index contributed by atoms with van der Waals surface area (Å²) in [5, 5.41) is 6.59. The SMILES string of the molecule is COCc1nc(OC)c2c(C)c(C(=O)NCc3cccc(NC(=O)c4ccc(C)cc4)c3)sc2n1. The molecule has 0 radical (unpaired) electrons. The number of hydrogen-bond donors (Lipinski definition) is 2. The molecule has 2 aromatic heterocycles. The highest BCUT2D eigenvalue weighted by Gasteiger charge is 2.21. The first-order valence-corrected chi connectivity index (χ1v) is 11.8. The van der Waals surface area contributed by atoms with Gasteiger partial charge < -0.3 is 20.1 Å². The van der Waals surface area contributed by atoms with E-state index in [0.29, 0.717) is 39.2 Å². The lowest BCUT2D eigenvalue weighted by molar-refractivity contribution is 0.0953. The Morgan fingerprint density at radius 2 is 1.77 bits per heavy atom. The van der Waals surface area contributed by atoms with Gasteiger partial charge in [-0.1, -0.05) is 29.8 Å². The third kappa shape index (κ3) is 5.47. The standard InChI is InChI=1S/C26H26N4O4S/c1-15-8-10-18(11-9-15)23(31)28-19-7-5-6-17(12-19)13-27-24(32)22-16(2)21-25(34-4)29-20(14-33-3)30-26(21)35-22/h5-12H,13-14H2,1-4H3,(H,27,32)(H,28,31). The topological polar surface area (TPSA) is 102 Å². The van der Waals surface area contributed by atoms with E-state index in [1.165, 1.54) is 11.3 Å². The van der Waals surface area contributed by atoms with Gasteiger partial charge in [0.1, 0.15) is 11.4 Å². The van der Waals surface area contributed by atoms with Gasteiger partial charge in [-0.2, -0.15) is 4.98 Å². The number of rotatable bonds is 8. The number of fused-ring (bicyclic) bond motifs is 1. The molecule has 0 aliphatic rings. The maximum absolute atomic E-state index is 13.0. The van der Waals surface area contributed by atoms with Gasteiger partial charge in [0.2, 0.25) is 5.88 Å². The number of aryl methyl sites for hydroxylation is 2. The average molecular weight is 491 g/mol. The summed E-state index contributed by atoms with van der Waals surface area (Å²) >= 11 is 1.29. The minimum atomic E-state index is -0.213. The van der Waals surface area contributed by atoms with E-state index in [-0.39, 0.29) is 18.4 Å². The summed E-state index contributed by atoms with van der Waals surface area (Å²) in [6.07, 6.45) is 0. The van der Waals surface area contributed by atoms with Crippen molar-refractivity contribution in [3.05, 3.63) is 81.5 Å². The van der Waals surface area contributed by atoms with Gasteiger partial charge in [0.05, 0.1) is 17.4 Å². The maximum atomic E-state index is 13.0. The normalized spacial score (nSPS) is 10.9. The van der Waals surface area contributed by atoms with Gasteiger partial charge in [0.15, 0.2) is 5.82 Å². The molecule has 0 spiro atoms. The zero-order valence-electron chi connectivity index (χ0n) is 20.0. The minimum absolute atomic E-state index is 0.185. The summed E-state index contributed by atoms with van der Waals surface area (Å²) in [5.41, 5.74) is 3.96. The average Bonchev–Trinajstić information content (AvgIpc) is 3.19. The second-order valence-corrected chi connectivity index (χ2v) is 9.02. The highest BCUT2D eigenvalue weighted by Crippen LogP contribution is 2.35. The predicted molar refractivity (Wildman–Crippen MR) is 136 cm³/mol. The van der Waals surface area contributed by atoms with E-state index in [1.54, 1.807) is 26.4 Å². The molecular formula is C26H26N4O4S. The fourth-order valence-electron chi connectivity index (χ4n) is 3.63. The molecule has 2 aromatic carbocycles. The molecule has 4 aromatic rings. The number of carbonyl (C=O) groups excluding carboxylic acids is 2. The smallest absolute Gasteiger partial charge is 0.261 e. The Kier molecular flexibility index (Phi) is 7.38. The number of ether oxygens (including phenoxy) is 2. The molecule has 35 heavy (non-hydrogen) atoms. The molecule has 8 nitrogen and oxygen atoms in total. The quantitative estimate of drug-likeness (QED) is 0.373. The summed E-state index contributed by atoms with van der Waals surface area (Å²) in [6, 6.07) is 14.8. The van der Waals surface area contributed by atoms with Crippen molar-refractivity contribution in [3.63, 3.8) is 0 Å².